The summed E-state index contributed by atoms with van der Waals surface area (Å²) in [5.74, 6) is -1.36. The number of carboxylic acid groups (broad SMARTS) is 1. The van der Waals surface area contributed by atoms with Crippen LogP contribution in [-0.4, -0.2) is 23.0 Å². The number of rotatable bonds is 3. The molecule has 0 aliphatic heterocycles. The van der Waals surface area contributed by atoms with E-state index in [1.165, 1.54) is 0 Å². The second-order valence-electron chi connectivity index (χ2n) is 7.57. The van der Waals surface area contributed by atoms with E-state index in [1.54, 1.807) is 0 Å². The van der Waals surface area contributed by atoms with Gasteiger partial charge in [-0.3, -0.25) is 9.59 Å². The number of aliphatic carboxylic acids is 1. The van der Waals surface area contributed by atoms with Gasteiger partial charge < -0.3 is 10.4 Å². The van der Waals surface area contributed by atoms with Crippen LogP contribution in [0.5, 0.6) is 0 Å². The van der Waals surface area contributed by atoms with Crippen LogP contribution in [0, 0.1) is 23.2 Å². The lowest BCUT2D eigenvalue weighted by Crippen LogP contribution is -2.43. The summed E-state index contributed by atoms with van der Waals surface area (Å²) in [5, 5.41) is 12.3. The molecule has 0 aromatic heterocycles. The minimum absolute atomic E-state index is 0.0357. The van der Waals surface area contributed by atoms with Crippen molar-refractivity contribution in [3.63, 3.8) is 0 Å². The molecule has 4 heteroatoms. The predicted molar refractivity (Wildman–Crippen MR) is 77.2 cm³/mol. The SMILES string of the molecule is CC1C[C@H](C(=O)NC2CCC(C)(C)CC2)[C@H](C(=O)O)C1. The van der Waals surface area contributed by atoms with Crippen molar-refractivity contribution in [1.82, 2.24) is 5.32 Å². The summed E-state index contributed by atoms with van der Waals surface area (Å²) in [6, 6.07) is 0.237. The van der Waals surface area contributed by atoms with Crippen LogP contribution in [0.25, 0.3) is 0 Å². The third kappa shape index (κ3) is 3.53. The fourth-order valence-corrected chi connectivity index (χ4v) is 3.71. The van der Waals surface area contributed by atoms with Crippen LogP contribution >= 0.6 is 0 Å². The van der Waals surface area contributed by atoms with Gasteiger partial charge in [-0.1, -0.05) is 20.8 Å². The molecule has 0 radical (unpaired) electrons. The molecule has 2 aliphatic carbocycles. The first kappa shape index (κ1) is 15.3. The van der Waals surface area contributed by atoms with E-state index in [-0.39, 0.29) is 17.9 Å². The van der Waals surface area contributed by atoms with E-state index in [0.717, 1.165) is 25.7 Å². The van der Waals surface area contributed by atoms with Crippen LogP contribution in [0.4, 0.5) is 0 Å². The molecule has 2 saturated carbocycles. The average molecular weight is 281 g/mol. The standard InChI is InChI=1S/C16H27NO3/c1-10-8-12(13(9-10)15(19)20)14(18)17-11-4-6-16(2,3)7-5-11/h10-13H,4-9H2,1-3H3,(H,17,18)(H,19,20)/t10?,12-,13+/m0/s1. The Labute approximate surface area is 121 Å². The predicted octanol–water partition coefficient (Wildman–Crippen LogP) is 2.82. The van der Waals surface area contributed by atoms with Crippen LogP contribution in [0.1, 0.15) is 59.3 Å². The molecule has 0 aromatic carbocycles. The van der Waals surface area contributed by atoms with Gasteiger partial charge in [0.25, 0.3) is 0 Å². The molecule has 4 nitrogen and oxygen atoms in total. The van der Waals surface area contributed by atoms with Crippen LogP contribution in [-0.2, 0) is 9.59 Å². The summed E-state index contributed by atoms with van der Waals surface area (Å²) in [6.07, 6.45) is 5.62. The molecule has 1 unspecified atom stereocenters. The minimum Gasteiger partial charge on any atom is -0.481 e. The summed E-state index contributed by atoms with van der Waals surface area (Å²) in [7, 11) is 0. The average Bonchev–Trinajstić information content (AvgIpc) is 2.74. The third-order valence-corrected chi connectivity index (χ3v) is 5.14. The van der Waals surface area contributed by atoms with E-state index in [9.17, 15) is 14.7 Å². The van der Waals surface area contributed by atoms with Crippen LogP contribution in [0.3, 0.4) is 0 Å². The molecule has 2 fully saturated rings. The smallest absolute Gasteiger partial charge is 0.307 e. The van der Waals surface area contributed by atoms with Crippen molar-refractivity contribution >= 4 is 11.9 Å². The van der Waals surface area contributed by atoms with Crippen LogP contribution < -0.4 is 5.32 Å². The molecule has 0 bridgehead atoms. The van der Waals surface area contributed by atoms with Crippen LogP contribution in [0.2, 0.25) is 0 Å². The van der Waals surface area contributed by atoms with E-state index in [2.05, 4.69) is 19.2 Å². The van der Waals surface area contributed by atoms with Crippen LogP contribution in [0.15, 0.2) is 0 Å². The lowest BCUT2D eigenvalue weighted by molar-refractivity contribution is -0.146. The summed E-state index contributed by atoms with van der Waals surface area (Å²) < 4.78 is 0. The number of carbonyl (C=O) groups is 2. The molecule has 0 saturated heterocycles. The van der Waals surface area contributed by atoms with E-state index in [1.807, 2.05) is 6.92 Å². The number of carbonyl (C=O) groups excluding carboxylic acids is 1. The molecule has 2 N–H and O–H groups in total. The highest BCUT2D eigenvalue weighted by atomic mass is 16.4. The second-order valence-corrected chi connectivity index (χ2v) is 7.57. The van der Waals surface area contributed by atoms with Gasteiger partial charge in [-0.15, -0.1) is 0 Å². The Morgan fingerprint density at radius 1 is 1.10 bits per heavy atom. The molecule has 1 amide bonds. The molecule has 2 aliphatic rings. The number of amides is 1. The molecule has 0 heterocycles. The van der Waals surface area contributed by atoms with Gasteiger partial charge in [0.15, 0.2) is 0 Å². The minimum atomic E-state index is -0.820. The molecule has 0 spiro atoms. The van der Waals surface area contributed by atoms with Crippen molar-refractivity contribution in [3.05, 3.63) is 0 Å². The Hall–Kier alpha value is -1.06. The summed E-state index contributed by atoms with van der Waals surface area (Å²) in [4.78, 5) is 23.6. The molecule has 114 valence electrons. The molecule has 2 rings (SSSR count). The van der Waals surface area contributed by atoms with Gasteiger partial charge in [-0.2, -0.15) is 0 Å². The maximum absolute atomic E-state index is 12.4. The highest BCUT2D eigenvalue weighted by molar-refractivity contribution is 5.85. The Kier molecular flexibility index (Phi) is 4.40. The van der Waals surface area contributed by atoms with Gasteiger partial charge in [0, 0.05) is 6.04 Å². The van der Waals surface area contributed by atoms with E-state index in [0.29, 0.717) is 24.2 Å². The first-order valence-electron chi connectivity index (χ1n) is 7.82. The van der Waals surface area contributed by atoms with Crippen molar-refractivity contribution in [2.24, 2.45) is 23.2 Å². The zero-order valence-corrected chi connectivity index (χ0v) is 12.8. The number of carboxylic acids is 1. The highest BCUT2D eigenvalue weighted by Gasteiger charge is 2.41. The quantitative estimate of drug-likeness (QED) is 0.836. The molecule has 20 heavy (non-hydrogen) atoms. The second kappa shape index (κ2) is 5.74. The van der Waals surface area contributed by atoms with Crippen molar-refractivity contribution < 1.29 is 14.7 Å². The van der Waals surface area contributed by atoms with Crippen molar-refractivity contribution in [1.29, 1.82) is 0 Å². The number of hydrogen-bond acceptors (Lipinski definition) is 2. The van der Waals surface area contributed by atoms with Crippen molar-refractivity contribution in [2.75, 3.05) is 0 Å². The fourth-order valence-electron chi connectivity index (χ4n) is 3.71. The normalized spacial score (nSPS) is 33.9. The van der Waals surface area contributed by atoms with Gasteiger partial charge in [-0.25, -0.2) is 0 Å². The zero-order valence-electron chi connectivity index (χ0n) is 12.8. The topological polar surface area (TPSA) is 66.4 Å². The summed E-state index contributed by atoms with van der Waals surface area (Å²) >= 11 is 0. The first-order chi connectivity index (χ1) is 9.28. The fraction of sp³-hybridized carbons (Fsp3) is 0.875. The summed E-state index contributed by atoms with van der Waals surface area (Å²) in [6.45, 7) is 6.57. The highest BCUT2D eigenvalue weighted by Crippen LogP contribution is 2.38. The van der Waals surface area contributed by atoms with E-state index in [4.69, 9.17) is 0 Å². The molecular formula is C16H27NO3. The van der Waals surface area contributed by atoms with Gasteiger partial charge in [0.05, 0.1) is 11.8 Å². The molecule has 3 atom stereocenters. The largest absolute Gasteiger partial charge is 0.481 e. The van der Waals surface area contributed by atoms with Gasteiger partial charge >= 0.3 is 5.97 Å². The number of nitrogens with one attached hydrogen (secondary N) is 1. The number of hydrogen-bond donors (Lipinski definition) is 2. The Balaban J connectivity index is 1.90. The summed E-state index contributed by atoms with van der Waals surface area (Å²) in [5.41, 5.74) is 0.382. The Bertz CT molecular complexity index is 381. The third-order valence-electron chi connectivity index (χ3n) is 5.14. The lowest BCUT2D eigenvalue weighted by Gasteiger charge is -2.35. The molecule has 0 aromatic rings. The van der Waals surface area contributed by atoms with Gasteiger partial charge in [0.2, 0.25) is 5.91 Å². The van der Waals surface area contributed by atoms with E-state index >= 15 is 0 Å². The van der Waals surface area contributed by atoms with Gasteiger partial charge in [0.1, 0.15) is 0 Å². The van der Waals surface area contributed by atoms with Crippen molar-refractivity contribution in [3.8, 4) is 0 Å². The Morgan fingerprint density at radius 3 is 2.20 bits per heavy atom. The first-order valence-corrected chi connectivity index (χ1v) is 7.82. The zero-order chi connectivity index (χ0) is 14.9. The van der Waals surface area contributed by atoms with Gasteiger partial charge in [-0.05, 0) is 49.9 Å². The monoisotopic (exact) mass is 281 g/mol. The molecular weight excluding hydrogens is 254 g/mol. The van der Waals surface area contributed by atoms with E-state index < -0.39 is 11.9 Å². The Morgan fingerprint density at radius 2 is 1.65 bits per heavy atom. The lowest BCUT2D eigenvalue weighted by atomic mass is 9.75. The maximum Gasteiger partial charge on any atom is 0.307 e. The maximum atomic E-state index is 12.4. The van der Waals surface area contributed by atoms with Crippen molar-refractivity contribution in [2.45, 2.75) is 65.3 Å².